The van der Waals surface area contributed by atoms with Crippen molar-refractivity contribution in [2.45, 2.75) is 26.9 Å². The summed E-state index contributed by atoms with van der Waals surface area (Å²) in [5.74, 6) is 2.60. The fourth-order valence-corrected chi connectivity index (χ4v) is 3.37. The van der Waals surface area contributed by atoms with E-state index in [0.717, 1.165) is 11.1 Å². The number of hydrogen-bond acceptors (Lipinski definition) is 4. The average molecular weight is 327 g/mol. The molecule has 0 atom stereocenters. The Kier molecular flexibility index (Phi) is 4.22. The predicted octanol–water partition coefficient (Wildman–Crippen LogP) is 1.50. The summed E-state index contributed by atoms with van der Waals surface area (Å²) in [6, 6.07) is 3.83. The van der Waals surface area contributed by atoms with Crippen LogP contribution in [-0.4, -0.2) is 39.7 Å². The Balaban J connectivity index is 2.21. The minimum Gasteiger partial charge on any atom is -0.493 e. The molecule has 6 nitrogen and oxygen atoms in total. The van der Waals surface area contributed by atoms with Crippen LogP contribution in [0, 0.1) is 26.2 Å². The van der Waals surface area contributed by atoms with E-state index < -0.39 is 0 Å². The van der Waals surface area contributed by atoms with E-state index in [4.69, 9.17) is 11.3 Å². The van der Waals surface area contributed by atoms with Crippen LogP contribution in [0.15, 0.2) is 16.9 Å². The summed E-state index contributed by atoms with van der Waals surface area (Å²) < 4.78 is 3.17. The Bertz CT molecular complexity index is 886. The van der Waals surface area contributed by atoms with Crippen molar-refractivity contribution in [2.75, 3.05) is 20.2 Å². The first-order valence-electron chi connectivity index (χ1n) is 7.87. The topological polar surface area (TPSA) is 59.6 Å². The van der Waals surface area contributed by atoms with Gasteiger partial charge in [0.2, 0.25) is 5.88 Å². The van der Waals surface area contributed by atoms with Crippen LogP contribution in [0.5, 0.6) is 5.88 Å². The van der Waals surface area contributed by atoms with Gasteiger partial charge in [0, 0.05) is 24.2 Å². The molecule has 3 rings (SSSR count). The Morgan fingerprint density at radius 3 is 2.42 bits per heavy atom. The quantitative estimate of drug-likeness (QED) is 0.849. The lowest BCUT2D eigenvalue weighted by atomic mass is 9.95. The summed E-state index contributed by atoms with van der Waals surface area (Å²) in [4.78, 5) is 18.2. The molecule has 0 fully saturated rings. The molecule has 0 unspecified atom stereocenters. The molecular formula is C18H21N3O3. The number of hydrogen-bond donors (Lipinski definition) is 1. The van der Waals surface area contributed by atoms with E-state index in [0.29, 0.717) is 37.3 Å². The van der Waals surface area contributed by atoms with Gasteiger partial charge < -0.3 is 9.94 Å². The Morgan fingerprint density at radius 2 is 1.79 bits per heavy atom. The highest BCUT2D eigenvalue weighted by molar-refractivity contribution is 5.77. The maximum atomic E-state index is 12.9. The first-order valence-corrected chi connectivity index (χ1v) is 7.87. The molecule has 126 valence electrons. The third kappa shape index (κ3) is 2.52. The maximum absolute atomic E-state index is 12.9. The molecule has 1 aromatic heterocycles. The van der Waals surface area contributed by atoms with Crippen LogP contribution in [0.3, 0.4) is 0 Å². The van der Waals surface area contributed by atoms with E-state index >= 15 is 0 Å². The number of fused-ring (bicyclic) bond motifs is 1. The number of aryl methyl sites for hydroxylation is 2. The molecule has 0 bridgehead atoms. The maximum Gasteiger partial charge on any atom is 0.278 e. The summed E-state index contributed by atoms with van der Waals surface area (Å²) in [6.07, 6.45) is 5.64. The summed E-state index contributed by atoms with van der Waals surface area (Å²) in [7, 11) is 1.60. The zero-order valence-electron chi connectivity index (χ0n) is 14.2. The molecule has 6 heteroatoms. The Labute approximate surface area is 140 Å². The molecule has 2 aromatic rings. The zero-order chi connectivity index (χ0) is 17.4. The van der Waals surface area contributed by atoms with Crippen LogP contribution < -0.4 is 5.56 Å². The van der Waals surface area contributed by atoms with Gasteiger partial charge in [-0.15, -0.1) is 6.42 Å². The summed E-state index contributed by atoms with van der Waals surface area (Å²) in [6.45, 7) is 5.93. The van der Waals surface area contributed by atoms with E-state index in [2.05, 4.69) is 5.92 Å². The number of benzene rings is 1. The number of aromatic nitrogens is 2. The van der Waals surface area contributed by atoms with Crippen molar-refractivity contribution in [1.29, 1.82) is 0 Å². The molecule has 1 N–H and O–H groups in total. The van der Waals surface area contributed by atoms with Crippen LogP contribution in [0.2, 0.25) is 0 Å². The highest BCUT2D eigenvalue weighted by atomic mass is 16.7. The SMILES string of the molecule is C#Cc1cc(C)cc(C)c1-c1c(O)n2n(c1=O)CCN(OC)CC2. The second-order valence-corrected chi connectivity index (χ2v) is 6.01. The van der Waals surface area contributed by atoms with Crippen molar-refractivity contribution in [3.05, 3.63) is 39.2 Å². The first kappa shape index (κ1) is 16.4. The van der Waals surface area contributed by atoms with E-state index in [1.807, 2.05) is 26.0 Å². The van der Waals surface area contributed by atoms with Crippen LogP contribution in [0.25, 0.3) is 11.1 Å². The van der Waals surface area contributed by atoms with Crippen molar-refractivity contribution in [3.63, 3.8) is 0 Å². The zero-order valence-corrected chi connectivity index (χ0v) is 14.2. The van der Waals surface area contributed by atoms with Crippen LogP contribution >= 0.6 is 0 Å². The van der Waals surface area contributed by atoms with E-state index in [9.17, 15) is 9.90 Å². The predicted molar refractivity (Wildman–Crippen MR) is 91.8 cm³/mol. The van der Waals surface area contributed by atoms with Gasteiger partial charge in [-0.2, -0.15) is 5.06 Å². The second-order valence-electron chi connectivity index (χ2n) is 6.01. The molecule has 24 heavy (non-hydrogen) atoms. The van der Waals surface area contributed by atoms with Crippen LogP contribution in [-0.2, 0) is 17.9 Å². The Hall–Kier alpha value is -2.49. The molecular weight excluding hydrogens is 306 g/mol. The van der Waals surface area contributed by atoms with Gasteiger partial charge in [0.1, 0.15) is 5.56 Å². The molecule has 0 aliphatic carbocycles. The minimum atomic E-state index is -0.228. The fraction of sp³-hybridized carbons (Fsp3) is 0.389. The number of aromatic hydroxyl groups is 1. The van der Waals surface area contributed by atoms with Gasteiger partial charge in [-0.25, -0.2) is 9.36 Å². The Morgan fingerprint density at radius 1 is 1.12 bits per heavy atom. The molecule has 0 saturated heterocycles. The average Bonchev–Trinajstić information content (AvgIpc) is 2.71. The molecule has 2 heterocycles. The van der Waals surface area contributed by atoms with E-state index in [1.165, 1.54) is 0 Å². The van der Waals surface area contributed by atoms with Gasteiger partial charge in [-0.3, -0.25) is 4.79 Å². The van der Waals surface area contributed by atoms with E-state index in [1.54, 1.807) is 21.5 Å². The lowest BCUT2D eigenvalue weighted by molar-refractivity contribution is -0.130. The van der Waals surface area contributed by atoms with Crippen molar-refractivity contribution in [2.24, 2.45) is 0 Å². The standard InChI is InChI=1S/C18H21N3O3/c1-5-14-11-12(2)10-13(3)15(14)16-17(22)20-8-6-19(24-4)7-9-21(20)18(16)23/h1,10-11,22H,6-9H2,2-4H3. The van der Waals surface area contributed by atoms with Gasteiger partial charge in [0.25, 0.3) is 5.56 Å². The first-order chi connectivity index (χ1) is 11.5. The molecule has 1 aromatic carbocycles. The van der Waals surface area contributed by atoms with Crippen molar-refractivity contribution >= 4 is 0 Å². The normalized spacial score (nSPS) is 14.9. The molecule has 0 amide bonds. The largest absolute Gasteiger partial charge is 0.493 e. The third-order valence-electron chi connectivity index (χ3n) is 4.47. The molecule has 1 aliphatic rings. The molecule has 0 spiro atoms. The van der Waals surface area contributed by atoms with Gasteiger partial charge in [0.15, 0.2) is 0 Å². The summed E-state index contributed by atoms with van der Waals surface area (Å²) in [5.41, 5.74) is 3.23. The summed E-state index contributed by atoms with van der Waals surface area (Å²) in [5, 5.41) is 12.5. The van der Waals surface area contributed by atoms with Crippen molar-refractivity contribution in [3.8, 4) is 29.4 Å². The minimum absolute atomic E-state index is 0.0404. The number of rotatable bonds is 2. The van der Waals surface area contributed by atoms with Crippen LogP contribution in [0.1, 0.15) is 16.7 Å². The number of hydroxylamine groups is 2. The third-order valence-corrected chi connectivity index (χ3v) is 4.47. The van der Waals surface area contributed by atoms with Gasteiger partial charge >= 0.3 is 0 Å². The lowest BCUT2D eigenvalue weighted by Crippen LogP contribution is -2.27. The number of nitrogens with zero attached hydrogens (tertiary/aromatic N) is 3. The molecule has 1 aliphatic heterocycles. The summed E-state index contributed by atoms with van der Waals surface area (Å²) >= 11 is 0. The highest BCUT2D eigenvalue weighted by Gasteiger charge is 2.26. The highest BCUT2D eigenvalue weighted by Crippen LogP contribution is 2.33. The van der Waals surface area contributed by atoms with Crippen molar-refractivity contribution < 1.29 is 9.94 Å². The van der Waals surface area contributed by atoms with E-state index in [-0.39, 0.29) is 17.0 Å². The number of terminal acetylenes is 1. The van der Waals surface area contributed by atoms with Gasteiger partial charge in [-0.05, 0) is 31.0 Å². The lowest BCUT2D eigenvalue weighted by Gasteiger charge is -2.15. The second kappa shape index (κ2) is 6.19. The molecule has 0 radical (unpaired) electrons. The molecule has 0 saturated carbocycles. The van der Waals surface area contributed by atoms with Gasteiger partial charge in [-0.1, -0.05) is 12.0 Å². The monoisotopic (exact) mass is 327 g/mol. The van der Waals surface area contributed by atoms with Gasteiger partial charge in [0.05, 0.1) is 20.2 Å². The fourth-order valence-electron chi connectivity index (χ4n) is 3.37. The van der Waals surface area contributed by atoms with Crippen LogP contribution in [0.4, 0.5) is 0 Å². The smallest absolute Gasteiger partial charge is 0.278 e. The van der Waals surface area contributed by atoms with Crippen molar-refractivity contribution in [1.82, 2.24) is 14.4 Å².